The molecule has 0 aliphatic rings. The Bertz CT molecular complexity index is 681. The third kappa shape index (κ3) is 9.14. The van der Waals surface area contributed by atoms with Gasteiger partial charge in [0.15, 0.2) is 0 Å². The minimum atomic E-state index is 0. The zero-order valence-electron chi connectivity index (χ0n) is 18.1. The van der Waals surface area contributed by atoms with Crippen LogP contribution in [-0.4, -0.2) is 0 Å². The Morgan fingerprint density at radius 3 is 0.786 bits per heavy atom. The minimum Gasteiger partial charge on any atom is -0.189 e. The topological polar surface area (TPSA) is 0 Å². The summed E-state index contributed by atoms with van der Waals surface area (Å²) in [5, 5.41) is 0. The molecule has 0 spiro atoms. The van der Waals surface area contributed by atoms with Crippen molar-refractivity contribution < 1.29 is 17.4 Å². The van der Waals surface area contributed by atoms with E-state index in [-0.39, 0.29) is 17.4 Å². The molecule has 3 aromatic rings. The van der Waals surface area contributed by atoms with Crippen molar-refractivity contribution in [2.24, 2.45) is 0 Å². The molecule has 0 saturated heterocycles. The molecule has 0 heterocycles. The molecule has 0 bridgehead atoms. The molecule has 147 valence electrons. The maximum Gasteiger partial charge on any atom is 3.00 e. The molecule has 0 nitrogen and oxygen atoms in total. The predicted octanol–water partition coefficient (Wildman–Crippen LogP) is 7.70. The van der Waals surface area contributed by atoms with Gasteiger partial charge in [-0.15, -0.1) is 36.4 Å². The third-order valence-corrected chi connectivity index (χ3v) is 4.50. The average Bonchev–Trinajstić information content (AvgIpc) is 2.70. The second-order valence-corrected chi connectivity index (χ2v) is 6.44. The molecule has 0 aliphatic carbocycles. The van der Waals surface area contributed by atoms with Crippen LogP contribution in [0.3, 0.4) is 0 Å². The summed E-state index contributed by atoms with van der Waals surface area (Å²) >= 11 is 0. The molecule has 0 aromatic heterocycles. The number of hydrogen-bond acceptors (Lipinski definition) is 0. The Morgan fingerprint density at radius 1 is 0.429 bits per heavy atom. The molecule has 3 aromatic carbocycles. The van der Waals surface area contributed by atoms with E-state index in [0.29, 0.717) is 0 Å². The van der Waals surface area contributed by atoms with Gasteiger partial charge in [-0.2, -0.15) is 70.8 Å². The summed E-state index contributed by atoms with van der Waals surface area (Å²) in [6.07, 6.45) is 6.36. The van der Waals surface area contributed by atoms with E-state index in [1.807, 2.05) is 0 Å². The van der Waals surface area contributed by atoms with E-state index >= 15 is 0 Å². The molecule has 0 saturated carbocycles. The quantitative estimate of drug-likeness (QED) is 0.389. The second-order valence-electron chi connectivity index (χ2n) is 6.44. The summed E-state index contributed by atoms with van der Waals surface area (Å²) in [4.78, 5) is 0. The van der Waals surface area contributed by atoms with Crippen molar-refractivity contribution in [3.8, 4) is 0 Å². The molecular formula is C27H33Cr. The summed E-state index contributed by atoms with van der Waals surface area (Å²) in [5.74, 6) is 0. The Labute approximate surface area is 184 Å². The smallest absolute Gasteiger partial charge is 0.189 e. The summed E-state index contributed by atoms with van der Waals surface area (Å²) in [6, 6.07) is 25.1. The van der Waals surface area contributed by atoms with Crippen LogP contribution >= 0.6 is 0 Å². The first-order valence-corrected chi connectivity index (χ1v) is 9.58. The van der Waals surface area contributed by atoms with Gasteiger partial charge in [0.1, 0.15) is 0 Å². The van der Waals surface area contributed by atoms with Crippen LogP contribution in [0.1, 0.15) is 54.2 Å². The SMILES string of the molecule is C[CH-]c1ccccc1C.C[CH-]c1ccccc1C.C[CH-]c1ccccc1C.[Cr+3]. The number of aryl methyl sites for hydroxylation is 3. The molecule has 3 rings (SSSR count). The Morgan fingerprint density at radius 2 is 0.643 bits per heavy atom. The molecule has 0 N–H and O–H groups in total. The third-order valence-electron chi connectivity index (χ3n) is 4.50. The predicted molar refractivity (Wildman–Crippen MR) is 121 cm³/mol. The van der Waals surface area contributed by atoms with Crippen molar-refractivity contribution >= 4 is 0 Å². The maximum atomic E-state index is 2.12. The van der Waals surface area contributed by atoms with Gasteiger partial charge < -0.3 is 0 Å². The van der Waals surface area contributed by atoms with E-state index < -0.39 is 0 Å². The minimum absolute atomic E-state index is 0. The normalized spacial score (nSPS) is 8.79. The van der Waals surface area contributed by atoms with Crippen molar-refractivity contribution in [2.75, 3.05) is 0 Å². The summed E-state index contributed by atoms with van der Waals surface area (Å²) in [6.45, 7) is 12.5. The zero-order valence-corrected chi connectivity index (χ0v) is 19.3. The van der Waals surface area contributed by atoms with Crippen LogP contribution in [0.25, 0.3) is 0 Å². The van der Waals surface area contributed by atoms with E-state index in [2.05, 4.69) is 134 Å². The largest absolute Gasteiger partial charge is 3.00 e. The first-order valence-electron chi connectivity index (χ1n) is 9.58. The zero-order chi connectivity index (χ0) is 20.1. The van der Waals surface area contributed by atoms with Gasteiger partial charge in [-0.25, -0.2) is 0 Å². The van der Waals surface area contributed by atoms with Crippen molar-refractivity contribution in [1.82, 2.24) is 0 Å². The fourth-order valence-corrected chi connectivity index (χ4v) is 2.73. The number of benzene rings is 3. The van der Waals surface area contributed by atoms with Gasteiger partial charge in [0, 0.05) is 0 Å². The van der Waals surface area contributed by atoms with Gasteiger partial charge in [0.25, 0.3) is 0 Å². The van der Waals surface area contributed by atoms with Crippen molar-refractivity contribution in [3.05, 3.63) is 125 Å². The fraction of sp³-hybridized carbons (Fsp3) is 0.222. The first-order chi connectivity index (χ1) is 13.0. The van der Waals surface area contributed by atoms with Crippen LogP contribution in [-0.2, 0) is 17.4 Å². The van der Waals surface area contributed by atoms with Gasteiger partial charge in [0.05, 0.1) is 0 Å². The van der Waals surface area contributed by atoms with E-state index in [9.17, 15) is 0 Å². The van der Waals surface area contributed by atoms with E-state index in [1.165, 1.54) is 33.4 Å². The molecule has 0 amide bonds. The molecule has 1 heteroatoms. The molecule has 0 fully saturated rings. The Hall–Kier alpha value is -2.20. The van der Waals surface area contributed by atoms with Gasteiger partial charge in [-0.1, -0.05) is 59.7 Å². The maximum absolute atomic E-state index is 2.12. The van der Waals surface area contributed by atoms with Crippen molar-refractivity contribution in [3.63, 3.8) is 0 Å². The number of rotatable bonds is 3. The van der Waals surface area contributed by atoms with E-state index in [4.69, 9.17) is 0 Å². The Kier molecular flexibility index (Phi) is 13.6. The van der Waals surface area contributed by atoms with Crippen LogP contribution in [0.5, 0.6) is 0 Å². The standard InChI is InChI=1S/3C9H11.Cr/c3*1-3-9-7-5-4-6-8(9)2;/h3*3-7H,1-2H3;/q3*-1;+3. The monoisotopic (exact) mass is 409 g/mol. The fourth-order valence-electron chi connectivity index (χ4n) is 2.73. The van der Waals surface area contributed by atoms with E-state index in [1.54, 1.807) is 0 Å². The summed E-state index contributed by atoms with van der Waals surface area (Å²) in [5.41, 5.74) is 8.03. The Balaban J connectivity index is 0.000000384. The molecule has 1 radical (unpaired) electrons. The molecular weight excluding hydrogens is 376 g/mol. The first kappa shape index (κ1) is 25.8. The van der Waals surface area contributed by atoms with Crippen LogP contribution in [0.2, 0.25) is 0 Å². The average molecular weight is 410 g/mol. The van der Waals surface area contributed by atoms with Gasteiger partial charge in [-0.3, -0.25) is 0 Å². The van der Waals surface area contributed by atoms with Gasteiger partial charge >= 0.3 is 17.4 Å². The summed E-state index contributed by atoms with van der Waals surface area (Å²) < 4.78 is 0. The van der Waals surface area contributed by atoms with Crippen LogP contribution in [0, 0.1) is 40.0 Å². The van der Waals surface area contributed by atoms with Crippen LogP contribution in [0.15, 0.2) is 72.8 Å². The molecule has 0 aliphatic heterocycles. The van der Waals surface area contributed by atoms with Crippen LogP contribution < -0.4 is 0 Å². The number of hydrogen-bond donors (Lipinski definition) is 0. The van der Waals surface area contributed by atoms with Crippen molar-refractivity contribution in [1.29, 1.82) is 0 Å². The molecule has 0 unspecified atom stereocenters. The summed E-state index contributed by atoms with van der Waals surface area (Å²) in [7, 11) is 0. The van der Waals surface area contributed by atoms with Crippen LogP contribution in [0.4, 0.5) is 0 Å². The van der Waals surface area contributed by atoms with Gasteiger partial charge in [0.2, 0.25) is 0 Å². The second kappa shape index (κ2) is 14.8. The van der Waals surface area contributed by atoms with Crippen molar-refractivity contribution in [2.45, 2.75) is 41.5 Å². The molecule has 28 heavy (non-hydrogen) atoms. The molecule has 0 atom stereocenters. The van der Waals surface area contributed by atoms with Gasteiger partial charge in [-0.05, 0) is 0 Å². The van der Waals surface area contributed by atoms with E-state index in [0.717, 1.165) is 0 Å².